The highest BCUT2D eigenvalue weighted by atomic mass is 35.5. The fraction of sp³-hybridized carbons (Fsp3) is 0.0667. The van der Waals surface area contributed by atoms with E-state index in [1.165, 1.54) is 36.0 Å². The number of rotatable bonds is 8. The Hall–Kier alpha value is -2.99. The van der Waals surface area contributed by atoms with Gasteiger partial charge in [-0.1, -0.05) is 71.8 Å². The van der Waals surface area contributed by atoms with E-state index < -0.39 is 23.3 Å². The molecule has 37 heavy (non-hydrogen) atoms. The minimum atomic E-state index is -0.669. The van der Waals surface area contributed by atoms with Crippen LogP contribution in [0.15, 0.2) is 97.1 Å². The van der Waals surface area contributed by atoms with Crippen molar-refractivity contribution in [3.05, 3.63) is 153 Å². The van der Waals surface area contributed by atoms with Crippen LogP contribution >= 0.6 is 35.0 Å². The van der Waals surface area contributed by atoms with Gasteiger partial charge >= 0.3 is 0 Å². The molecule has 0 N–H and O–H groups in total. The molecule has 4 aromatic carbocycles. The Labute approximate surface area is 227 Å². The second kappa shape index (κ2) is 12.5. The number of thioether (sulfide) groups is 1. The maximum Gasteiger partial charge on any atom is 0.133 e. The van der Waals surface area contributed by atoms with E-state index in [1.54, 1.807) is 36.4 Å². The van der Waals surface area contributed by atoms with Crippen molar-refractivity contribution in [2.45, 2.75) is 10.5 Å². The van der Waals surface area contributed by atoms with Crippen LogP contribution in [0.3, 0.4) is 0 Å². The molecular weight excluding hydrogens is 539 g/mol. The van der Waals surface area contributed by atoms with Crippen molar-refractivity contribution in [3.8, 4) is 0 Å². The molecular formula is C30H20Cl2F4S. The monoisotopic (exact) mass is 558 g/mol. The van der Waals surface area contributed by atoms with E-state index in [9.17, 15) is 17.6 Å². The summed E-state index contributed by atoms with van der Waals surface area (Å²) in [6, 6.07) is 21.3. The van der Waals surface area contributed by atoms with Crippen LogP contribution in [0, 0.1) is 23.3 Å². The zero-order chi connectivity index (χ0) is 26.4. The predicted octanol–water partition coefficient (Wildman–Crippen LogP) is 10.5. The largest absolute Gasteiger partial charge is 0.207 e. The van der Waals surface area contributed by atoms with Gasteiger partial charge in [0.05, 0.1) is 0 Å². The summed E-state index contributed by atoms with van der Waals surface area (Å²) in [5.74, 6) is -2.65. The molecule has 0 aliphatic heterocycles. The molecule has 0 bridgehead atoms. The van der Waals surface area contributed by atoms with Crippen molar-refractivity contribution in [1.29, 1.82) is 0 Å². The van der Waals surface area contributed by atoms with E-state index in [-0.39, 0.29) is 21.6 Å². The lowest BCUT2D eigenvalue weighted by molar-refractivity contribution is 0.581. The van der Waals surface area contributed by atoms with Crippen LogP contribution in [-0.2, 0) is 0 Å². The van der Waals surface area contributed by atoms with Gasteiger partial charge in [-0.2, -0.15) is 0 Å². The van der Waals surface area contributed by atoms with E-state index >= 15 is 0 Å². The zero-order valence-corrected chi connectivity index (χ0v) is 21.6. The topological polar surface area (TPSA) is 0 Å². The first-order valence-corrected chi connectivity index (χ1v) is 12.9. The zero-order valence-electron chi connectivity index (χ0n) is 19.2. The third-order valence-corrected chi connectivity index (χ3v) is 7.47. The van der Waals surface area contributed by atoms with Crippen molar-refractivity contribution >= 4 is 47.1 Å². The van der Waals surface area contributed by atoms with Gasteiger partial charge in [-0.05, 0) is 59.7 Å². The average molecular weight is 559 g/mol. The number of hydrogen-bond donors (Lipinski definition) is 0. The van der Waals surface area contributed by atoms with Crippen molar-refractivity contribution in [2.24, 2.45) is 0 Å². The van der Waals surface area contributed by atoms with E-state index in [4.69, 9.17) is 23.2 Å². The lowest BCUT2D eigenvalue weighted by Gasteiger charge is -2.20. The molecule has 0 saturated carbocycles. The van der Waals surface area contributed by atoms with Crippen molar-refractivity contribution in [2.75, 3.05) is 0 Å². The molecule has 4 aromatic rings. The number of benzene rings is 4. The van der Waals surface area contributed by atoms with Crippen molar-refractivity contribution < 1.29 is 17.6 Å². The molecule has 7 heteroatoms. The Kier molecular flexibility index (Phi) is 9.14. The van der Waals surface area contributed by atoms with Gasteiger partial charge in [0.2, 0.25) is 0 Å². The van der Waals surface area contributed by atoms with Gasteiger partial charge in [0.25, 0.3) is 0 Å². The summed E-state index contributed by atoms with van der Waals surface area (Å²) < 4.78 is 55.3. The highest BCUT2D eigenvalue weighted by Gasteiger charge is 2.18. The van der Waals surface area contributed by atoms with Gasteiger partial charge in [0.1, 0.15) is 23.3 Å². The molecule has 0 amide bonds. The molecule has 4 rings (SSSR count). The minimum absolute atomic E-state index is 0.243. The van der Waals surface area contributed by atoms with E-state index in [2.05, 4.69) is 0 Å². The van der Waals surface area contributed by atoms with Crippen LogP contribution < -0.4 is 0 Å². The molecule has 0 saturated heterocycles. The predicted molar refractivity (Wildman–Crippen MR) is 147 cm³/mol. The molecule has 0 aromatic heterocycles. The highest BCUT2D eigenvalue weighted by Crippen LogP contribution is 2.43. The van der Waals surface area contributed by atoms with Crippen LogP contribution in [0.25, 0.3) is 12.2 Å². The fourth-order valence-electron chi connectivity index (χ4n) is 3.59. The summed E-state index contributed by atoms with van der Waals surface area (Å²) in [5, 5.41) is 0.569. The highest BCUT2D eigenvalue weighted by molar-refractivity contribution is 8.00. The van der Waals surface area contributed by atoms with Crippen molar-refractivity contribution in [3.63, 3.8) is 0 Å². The fourth-order valence-corrected chi connectivity index (χ4v) is 5.12. The molecule has 0 spiro atoms. The van der Waals surface area contributed by atoms with Gasteiger partial charge in [-0.15, -0.1) is 11.8 Å². The quantitative estimate of drug-likeness (QED) is 0.194. The third-order valence-electron chi connectivity index (χ3n) is 5.52. The molecule has 0 aliphatic rings. The molecule has 0 radical (unpaired) electrons. The summed E-state index contributed by atoms with van der Waals surface area (Å²) in [4.78, 5) is 0. The van der Waals surface area contributed by atoms with Gasteiger partial charge in [-0.25, -0.2) is 17.6 Å². The molecule has 2 unspecified atom stereocenters. The summed E-state index contributed by atoms with van der Waals surface area (Å²) >= 11 is 13.7. The maximum atomic E-state index is 14.3. The van der Waals surface area contributed by atoms with E-state index in [0.29, 0.717) is 10.0 Å². The lowest BCUT2D eigenvalue weighted by atomic mass is 10.1. The molecule has 2 atom stereocenters. The Morgan fingerprint density at radius 1 is 0.541 bits per heavy atom. The van der Waals surface area contributed by atoms with Crippen LogP contribution in [0.4, 0.5) is 17.6 Å². The van der Waals surface area contributed by atoms with Gasteiger partial charge in [0, 0.05) is 43.8 Å². The van der Waals surface area contributed by atoms with Gasteiger partial charge < -0.3 is 0 Å². The molecule has 0 heterocycles. The second-order valence-electron chi connectivity index (χ2n) is 8.13. The molecule has 188 valence electrons. The van der Waals surface area contributed by atoms with Gasteiger partial charge in [-0.3, -0.25) is 0 Å². The smallest absolute Gasteiger partial charge is 0.133 e. The second-order valence-corrected chi connectivity index (χ2v) is 10.3. The lowest BCUT2D eigenvalue weighted by Crippen LogP contribution is -1.98. The SMILES string of the molecule is Fc1ccc(C=CC(SC(C=Cc2ccc(F)cc2F)c2ccc(Cl)cc2)c2ccc(Cl)cc2)c(F)c1. The Morgan fingerprint density at radius 2 is 0.919 bits per heavy atom. The van der Waals surface area contributed by atoms with E-state index in [0.717, 1.165) is 23.3 Å². The van der Waals surface area contributed by atoms with Gasteiger partial charge in [0.15, 0.2) is 0 Å². The first-order valence-electron chi connectivity index (χ1n) is 11.2. The Morgan fingerprint density at radius 3 is 1.27 bits per heavy atom. The first-order chi connectivity index (χ1) is 17.8. The van der Waals surface area contributed by atoms with E-state index in [1.807, 2.05) is 36.4 Å². The van der Waals surface area contributed by atoms with Crippen LogP contribution in [-0.4, -0.2) is 0 Å². The molecule has 0 aliphatic carbocycles. The number of hydrogen-bond acceptors (Lipinski definition) is 1. The standard InChI is InChI=1S/C30H20Cl2F4S/c31-23-9-1-21(2-10-23)29(15-7-19-5-13-25(33)17-27(19)35)37-30(22-3-11-24(32)12-4-22)16-8-20-6-14-26(34)18-28(20)36/h1-18,29-30H. The normalized spacial score (nSPS) is 13.4. The minimum Gasteiger partial charge on any atom is -0.207 e. The average Bonchev–Trinajstić information content (AvgIpc) is 2.87. The maximum absolute atomic E-state index is 14.3. The third kappa shape index (κ3) is 7.51. The van der Waals surface area contributed by atoms with Crippen LogP contribution in [0.1, 0.15) is 32.8 Å². The Bertz CT molecular complexity index is 1310. The summed E-state index contributed by atoms with van der Waals surface area (Å²) in [6.45, 7) is 0. The van der Waals surface area contributed by atoms with Crippen LogP contribution in [0.5, 0.6) is 0 Å². The summed E-state index contributed by atoms with van der Waals surface area (Å²) in [6.07, 6.45) is 6.84. The molecule has 0 fully saturated rings. The van der Waals surface area contributed by atoms with Crippen LogP contribution in [0.2, 0.25) is 10.0 Å². The summed E-state index contributed by atoms with van der Waals surface area (Å²) in [5.41, 5.74) is 2.28. The molecule has 0 nitrogen and oxygen atoms in total. The Balaban J connectivity index is 1.71. The van der Waals surface area contributed by atoms with Crippen molar-refractivity contribution in [1.82, 2.24) is 0 Å². The number of halogens is 6. The summed E-state index contributed by atoms with van der Waals surface area (Å²) in [7, 11) is 0. The first kappa shape index (κ1) is 27.1.